The standard InChI is InChI=1S/C17H14F3NO5S2/c18-10-1-4-16(15(20)7-10)21-17(22)13-8-11(2-3-14(13)19)28(25,26)12-5-6-27(23,24)9-12/h1-4,7-8,12H,5-6,9H2,(H,21,22). The summed E-state index contributed by atoms with van der Waals surface area (Å²) in [6, 6.07) is 4.80. The summed E-state index contributed by atoms with van der Waals surface area (Å²) >= 11 is 0. The fraction of sp³-hybridized carbons (Fsp3) is 0.235. The second kappa shape index (κ2) is 7.21. The number of sulfone groups is 2. The first kappa shape index (κ1) is 20.3. The van der Waals surface area contributed by atoms with Crippen LogP contribution in [0.3, 0.4) is 0 Å². The Morgan fingerprint density at radius 1 is 1.04 bits per heavy atom. The van der Waals surface area contributed by atoms with Gasteiger partial charge in [-0.3, -0.25) is 4.79 Å². The molecule has 1 atom stereocenters. The zero-order chi connectivity index (χ0) is 20.7. The topological polar surface area (TPSA) is 97.4 Å². The van der Waals surface area contributed by atoms with Crippen LogP contribution in [0, 0.1) is 17.5 Å². The van der Waals surface area contributed by atoms with Crippen LogP contribution < -0.4 is 5.32 Å². The summed E-state index contributed by atoms with van der Waals surface area (Å²) in [7, 11) is -7.59. The van der Waals surface area contributed by atoms with E-state index in [-0.39, 0.29) is 12.2 Å². The fourth-order valence-electron chi connectivity index (χ4n) is 2.83. The van der Waals surface area contributed by atoms with Crippen LogP contribution in [0.1, 0.15) is 16.8 Å². The summed E-state index contributed by atoms with van der Waals surface area (Å²) in [6.07, 6.45) is -0.0929. The highest BCUT2D eigenvalue weighted by atomic mass is 32.2. The molecule has 1 unspecified atom stereocenters. The number of benzene rings is 2. The van der Waals surface area contributed by atoms with Crippen molar-refractivity contribution in [2.24, 2.45) is 0 Å². The van der Waals surface area contributed by atoms with Crippen molar-refractivity contribution >= 4 is 31.3 Å². The number of carbonyl (C=O) groups is 1. The zero-order valence-corrected chi connectivity index (χ0v) is 15.8. The lowest BCUT2D eigenvalue weighted by Crippen LogP contribution is -2.23. The van der Waals surface area contributed by atoms with E-state index in [9.17, 15) is 34.8 Å². The largest absolute Gasteiger partial charge is 0.319 e. The van der Waals surface area contributed by atoms with E-state index in [1.54, 1.807) is 0 Å². The van der Waals surface area contributed by atoms with Crippen LogP contribution in [0.15, 0.2) is 41.3 Å². The van der Waals surface area contributed by atoms with Gasteiger partial charge in [-0.05, 0) is 36.8 Å². The van der Waals surface area contributed by atoms with Crippen LogP contribution in [-0.4, -0.2) is 39.5 Å². The molecule has 150 valence electrons. The molecule has 28 heavy (non-hydrogen) atoms. The monoisotopic (exact) mass is 433 g/mol. The molecule has 1 aliphatic rings. The van der Waals surface area contributed by atoms with Crippen molar-refractivity contribution in [3.63, 3.8) is 0 Å². The molecule has 1 heterocycles. The minimum Gasteiger partial charge on any atom is -0.319 e. The number of amides is 1. The van der Waals surface area contributed by atoms with E-state index in [1.165, 1.54) is 0 Å². The molecule has 2 aromatic carbocycles. The maximum atomic E-state index is 14.1. The number of rotatable bonds is 4. The van der Waals surface area contributed by atoms with Gasteiger partial charge in [0.05, 0.1) is 32.9 Å². The van der Waals surface area contributed by atoms with E-state index in [0.717, 1.165) is 30.3 Å². The molecule has 1 N–H and O–H groups in total. The second-order valence-corrected chi connectivity index (χ2v) is 10.7. The van der Waals surface area contributed by atoms with Gasteiger partial charge in [0.25, 0.3) is 5.91 Å². The van der Waals surface area contributed by atoms with E-state index in [1.807, 2.05) is 5.32 Å². The van der Waals surface area contributed by atoms with Gasteiger partial charge in [-0.1, -0.05) is 0 Å². The van der Waals surface area contributed by atoms with Crippen molar-refractivity contribution in [2.75, 3.05) is 16.8 Å². The number of carbonyl (C=O) groups excluding carboxylic acids is 1. The predicted molar refractivity (Wildman–Crippen MR) is 95.0 cm³/mol. The Kier molecular flexibility index (Phi) is 5.24. The average Bonchev–Trinajstić information content (AvgIpc) is 2.98. The third kappa shape index (κ3) is 4.04. The summed E-state index contributed by atoms with van der Waals surface area (Å²) in [5.41, 5.74) is -1.09. The molecule has 0 aromatic heterocycles. The normalized spacial score (nSPS) is 18.8. The van der Waals surface area contributed by atoms with Crippen molar-refractivity contribution in [2.45, 2.75) is 16.6 Å². The molecule has 11 heteroatoms. The highest BCUT2D eigenvalue weighted by Gasteiger charge is 2.38. The molecule has 6 nitrogen and oxygen atoms in total. The number of anilines is 1. The molecule has 1 saturated heterocycles. The van der Waals surface area contributed by atoms with Crippen LogP contribution in [0.25, 0.3) is 0 Å². The highest BCUT2D eigenvalue weighted by Crippen LogP contribution is 2.27. The summed E-state index contributed by atoms with van der Waals surface area (Å²) in [4.78, 5) is 11.9. The van der Waals surface area contributed by atoms with Gasteiger partial charge < -0.3 is 5.32 Å². The molecule has 0 saturated carbocycles. The van der Waals surface area contributed by atoms with Crippen molar-refractivity contribution in [3.8, 4) is 0 Å². The van der Waals surface area contributed by atoms with E-state index < -0.39 is 70.2 Å². The third-order valence-corrected chi connectivity index (χ3v) is 8.49. The SMILES string of the molecule is O=C(Nc1ccc(F)cc1F)c1cc(S(=O)(=O)C2CCS(=O)(=O)C2)ccc1F. The molecule has 0 radical (unpaired) electrons. The Morgan fingerprint density at radius 3 is 2.36 bits per heavy atom. The number of hydrogen-bond acceptors (Lipinski definition) is 5. The van der Waals surface area contributed by atoms with Gasteiger partial charge in [0.2, 0.25) is 0 Å². The third-order valence-electron chi connectivity index (χ3n) is 4.32. The second-order valence-electron chi connectivity index (χ2n) is 6.29. The Bertz CT molecular complexity index is 1160. The lowest BCUT2D eigenvalue weighted by Gasteiger charge is -2.12. The Balaban J connectivity index is 1.92. The van der Waals surface area contributed by atoms with Gasteiger partial charge in [0.15, 0.2) is 19.7 Å². The number of hydrogen-bond donors (Lipinski definition) is 1. The molecule has 1 fully saturated rings. The first-order valence-electron chi connectivity index (χ1n) is 8.00. The van der Waals surface area contributed by atoms with Crippen LogP contribution >= 0.6 is 0 Å². The van der Waals surface area contributed by atoms with E-state index in [2.05, 4.69) is 0 Å². The summed E-state index contributed by atoms with van der Waals surface area (Å²) < 4.78 is 89.1. The molecule has 3 rings (SSSR count). The minimum atomic E-state index is -4.12. The average molecular weight is 433 g/mol. The van der Waals surface area contributed by atoms with Crippen molar-refractivity contribution < 1.29 is 34.8 Å². The highest BCUT2D eigenvalue weighted by molar-refractivity contribution is 7.96. The van der Waals surface area contributed by atoms with E-state index in [4.69, 9.17) is 0 Å². The zero-order valence-electron chi connectivity index (χ0n) is 14.2. The minimum absolute atomic E-state index is 0.0929. The number of nitrogens with one attached hydrogen (secondary N) is 1. The van der Waals surface area contributed by atoms with E-state index >= 15 is 0 Å². The van der Waals surface area contributed by atoms with Gasteiger partial charge >= 0.3 is 0 Å². The molecule has 0 bridgehead atoms. The van der Waals surface area contributed by atoms with Crippen LogP contribution in [-0.2, 0) is 19.7 Å². The lowest BCUT2D eigenvalue weighted by molar-refractivity contribution is 0.102. The molecule has 2 aromatic rings. The predicted octanol–water partition coefficient (Wildman–Crippen LogP) is 2.32. The first-order valence-corrected chi connectivity index (χ1v) is 11.4. The molecule has 0 aliphatic carbocycles. The lowest BCUT2D eigenvalue weighted by atomic mass is 10.2. The summed E-state index contributed by atoms with van der Waals surface area (Å²) in [5, 5.41) is 0.858. The quantitative estimate of drug-likeness (QED) is 0.747. The van der Waals surface area contributed by atoms with Gasteiger partial charge in [-0.2, -0.15) is 0 Å². The van der Waals surface area contributed by atoms with Gasteiger partial charge in [0, 0.05) is 6.07 Å². The molecule has 1 amide bonds. The smallest absolute Gasteiger partial charge is 0.258 e. The molecule has 1 aliphatic heterocycles. The van der Waals surface area contributed by atoms with E-state index in [0.29, 0.717) is 6.07 Å². The summed E-state index contributed by atoms with van der Waals surface area (Å²) in [6.45, 7) is 0. The van der Waals surface area contributed by atoms with Crippen molar-refractivity contribution in [1.82, 2.24) is 0 Å². The van der Waals surface area contributed by atoms with Gasteiger partial charge in [0.1, 0.15) is 17.5 Å². The Labute approximate surface area is 159 Å². The van der Waals surface area contributed by atoms with Crippen molar-refractivity contribution in [3.05, 3.63) is 59.4 Å². The molecular formula is C17H14F3NO5S2. The van der Waals surface area contributed by atoms with Crippen LogP contribution in [0.5, 0.6) is 0 Å². The maximum absolute atomic E-state index is 14.1. The Morgan fingerprint density at radius 2 is 1.75 bits per heavy atom. The maximum Gasteiger partial charge on any atom is 0.258 e. The van der Waals surface area contributed by atoms with Crippen molar-refractivity contribution in [1.29, 1.82) is 0 Å². The molecule has 0 spiro atoms. The van der Waals surface area contributed by atoms with Gasteiger partial charge in [-0.25, -0.2) is 30.0 Å². The first-order chi connectivity index (χ1) is 13.0. The fourth-order valence-corrected chi connectivity index (χ4v) is 7.22. The Hall–Kier alpha value is -2.40. The number of halogens is 3. The van der Waals surface area contributed by atoms with Gasteiger partial charge in [-0.15, -0.1) is 0 Å². The molecular weight excluding hydrogens is 419 g/mol. The summed E-state index contributed by atoms with van der Waals surface area (Å²) in [5.74, 6) is -4.98. The van der Waals surface area contributed by atoms with Crippen LogP contribution in [0.4, 0.5) is 18.9 Å². The van der Waals surface area contributed by atoms with Crippen LogP contribution in [0.2, 0.25) is 0 Å².